The molecule has 0 saturated carbocycles. The molecule has 0 bridgehead atoms. The van der Waals surface area contributed by atoms with Gasteiger partial charge < -0.3 is 11.1 Å². The number of aryl methyl sites for hydroxylation is 2. The molecular formula is C13H22N2. The second-order valence-electron chi connectivity index (χ2n) is 4.68. The first-order valence-corrected chi connectivity index (χ1v) is 5.57. The third-order valence-electron chi connectivity index (χ3n) is 2.71. The molecule has 0 unspecified atom stereocenters. The Bertz CT molecular complexity index is 329. The summed E-state index contributed by atoms with van der Waals surface area (Å²) in [6.45, 7) is 9.19. The molecule has 84 valence electrons. The lowest BCUT2D eigenvalue weighted by Crippen LogP contribution is -2.39. The van der Waals surface area contributed by atoms with Crippen LogP contribution in [0.2, 0.25) is 0 Å². The first kappa shape index (κ1) is 12.1. The molecule has 0 aliphatic carbocycles. The largest absolute Gasteiger partial charge is 0.378 e. The van der Waals surface area contributed by atoms with Gasteiger partial charge in [0.05, 0.1) is 0 Å². The third-order valence-corrected chi connectivity index (χ3v) is 2.71. The number of hydrogen-bond acceptors (Lipinski definition) is 2. The number of rotatable bonds is 4. The molecule has 0 aliphatic heterocycles. The van der Waals surface area contributed by atoms with Gasteiger partial charge in [-0.25, -0.2) is 0 Å². The number of hydrogen-bond donors (Lipinski definition) is 2. The molecule has 0 radical (unpaired) electrons. The molecule has 0 spiro atoms. The topological polar surface area (TPSA) is 38.0 Å². The Morgan fingerprint density at radius 2 is 2.00 bits per heavy atom. The van der Waals surface area contributed by atoms with Crippen LogP contribution in [0.25, 0.3) is 0 Å². The van der Waals surface area contributed by atoms with E-state index in [9.17, 15) is 0 Å². The van der Waals surface area contributed by atoms with E-state index >= 15 is 0 Å². The second kappa shape index (κ2) is 4.67. The monoisotopic (exact) mass is 206 g/mol. The average molecular weight is 206 g/mol. The molecule has 0 atom stereocenters. The van der Waals surface area contributed by atoms with Crippen molar-refractivity contribution >= 4 is 5.69 Å². The molecule has 1 rings (SSSR count). The standard InChI is InChI=1S/C13H22N2/c1-5-11-8-6-7-10(2)12(11)15-13(3,4)9-14/h6-8,15H,5,9,14H2,1-4H3. The van der Waals surface area contributed by atoms with Gasteiger partial charge in [0, 0.05) is 17.8 Å². The van der Waals surface area contributed by atoms with Gasteiger partial charge in [0.25, 0.3) is 0 Å². The number of para-hydroxylation sites is 1. The Balaban J connectivity index is 3.02. The normalized spacial score (nSPS) is 11.5. The van der Waals surface area contributed by atoms with Crippen LogP contribution in [0, 0.1) is 6.92 Å². The third kappa shape index (κ3) is 2.96. The zero-order chi connectivity index (χ0) is 11.5. The fraction of sp³-hybridized carbons (Fsp3) is 0.538. The molecule has 0 fully saturated rings. The van der Waals surface area contributed by atoms with Gasteiger partial charge in [0.15, 0.2) is 0 Å². The summed E-state index contributed by atoms with van der Waals surface area (Å²) >= 11 is 0. The van der Waals surface area contributed by atoms with Gasteiger partial charge >= 0.3 is 0 Å². The van der Waals surface area contributed by atoms with Gasteiger partial charge in [0.1, 0.15) is 0 Å². The van der Waals surface area contributed by atoms with Crippen LogP contribution in [-0.4, -0.2) is 12.1 Å². The highest BCUT2D eigenvalue weighted by Gasteiger charge is 2.17. The van der Waals surface area contributed by atoms with Gasteiger partial charge in [-0.05, 0) is 38.3 Å². The van der Waals surface area contributed by atoms with Gasteiger partial charge in [-0.1, -0.05) is 25.1 Å². The van der Waals surface area contributed by atoms with Crippen LogP contribution < -0.4 is 11.1 Å². The molecule has 3 N–H and O–H groups in total. The summed E-state index contributed by atoms with van der Waals surface area (Å²) in [5.41, 5.74) is 9.58. The maximum Gasteiger partial charge on any atom is 0.0439 e. The predicted octanol–water partition coefficient (Wildman–Crippen LogP) is 2.71. The highest BCUT2D eigenvalue weighted by Crippen LogP contribution is 2.24. The van der Waals surface area contributed by atoms with Gasteiger partial charge in [-0.15, -0.1) is 0 Å². The van der Waals surface area contributed by atoms with E-state index in [0.29, 0.717) is 6.54 Å². The lowest BCUT2D eigenvalue weighted by Gasteiger charge is -2.28. The van der Waals surface area contributed by atoms with Gasteiger partial charge in [0.2, 0.25) is 0 Å². The van der Waals surface area contributed by atoms with Crippen LogP contribution in [0.5, 0.6) is 0 Å². The zero-order valence-corrected chi connectivity index (χ0v) is 10.2. The highest BCUT2D eigenvalue weighted by molar-refractivity contribution is 5.58. The molecule has 1 aromatic carbocycles. The first-order chi connectivity index (χ1) is 7.00. The highest BCUT2D eigenvalue weighted by atomic mass is 15.0. The summed E-state index contributed by atoms with van der Waals surface area (Å²) in [6, 6.07) is 6.41. The number of nitrogens with one attached hydrogen (secondary N) is 1. The van der Waals surface area contributed by atoms with E-state index in [1.165, 1.54) is 16.8 Å². The lowest BCUT2D eigenvalue weighted by atomic mass is 10.0. The van der Waals surface area contributed by atoms with Crippen molar-refractivity contribution in [3.8, 4) is 0 Å². The number of anilines is 1. The maximum atomic E-state index is 5.73. The van der Waals surface area contributed by atoms with Crippen LogP contribution >= 0.6 is 0 Å². The van der Waals surface area contributed by atoms with Crippen molar-refractivity contribution in [2.45, 2.75) is 39.7 Å². The molecule has 0 amide bonds. The minimum atomic E-state index is -0.0456. The summed E-state index contributed by atoms with van der Waals surface area (Å²) in [4.78, 5) is 0. The summed E-state index contributed by atoms with van der Waals surface area (Å²) in [5, 5.41) is 3.53. The summed E-state index contributed by atoms with van der Waals surface area (Å²) in [5.74, 6) is 0. The van der Waals surface area contributed by atoms with Crippen molar-refractivity contribution in [1.29, 1.82) is 0 Å². The Morgan fingerprint density at radius 3 is 2.53 bits per heavy atom. The van der Waals surface area contributed by atoms with E-state index in [-0.39, 0.29) is 5.54 Å². The van der Waals surface area contributed by atoms with Gasteiger partial charge in [-0.2, -0.15) is 0 Å². The Morgan fingerprint density at radius 1 is 1.33 bits per heavy atom. The molecule has 2 heteroatoms. The smallest absolute Gasteiger partial charge is 0.0439 e. The van der Waals surface area contributed by atoms with Crippen molar-refractivity contribution in [2.75, 3.05) is 11.9 Å². The molecule has 2 nitrogen and oxygen atoms in total. The average Bonchev–Trinajstić information content (AvgIpc) is 2.21. The van der Waals surface area contributed by atoms with Crippen LogP contribution in [0.3, 0.4) is 0 Å². The molecule has 0 saturated heterocycles. The molecular weight excluding hydrogens is 184 g/mol. The van der Waals surface area contributed by atoms with E-state index in [2.05, 4.69) is 51.2 Å². The van der Waals surface area contributed by atoms with Crippen LogP contribution in [0.1, 0.15) is 31.9 Å². The molecule has 0 aliphatic rings. The van der Waals surface area contributed by atoms with Crippen molar-refractivity contribution < 1.29 is 0 Å². The van der Waals surface area contributed by atoms with Crippen LogP contribution in [0.4, 0.5) is 5.69 Å². The second-order valence-corrected chi connectivity index (χ2v) is 4.68. The summed E-state index contributed by atoms with van der Waals surface area (Å²) in [6.07, 6.45) is 1.05. The lowest BCUT2D eigenvalue weighted by molar-refractivity contribution is 0.578. The number of benzene rings is 1. The Kier molecular flexibility index (Phi) is 3.75. The molecule has 0 aromatic heterocycles. The van der Waals surface area contributed by atoms with Crippen molar-refractivity contribution in [2.24, 2.45) is 5.73 Å². The van der Waals surface area contributed by atoms with E-state index in [4.69, 9.17) is 5.73 Å². The maximum absolute atomic E-state index is 5.73. The zero-order valence-electron chi connectivity index (χ0n) is 10.2. The Labute approximate surface area is 92.9 Å². The van der Waals surface area contributed by atoms with E-state index < -0.39 is 0 Å². The van der Waals surface area contributed by atoms with Crippen LogP contribution in [-0.2, 0) is 6.42 Å². The minimum Gasteiger partial charge on any atom is -0.378 e. The van der Waals surface area contributed by atoms with Crippen molar-refractivity contribution in [3.63, 3.8) is 0 Å². The van der Waals surface area contributed by atoms with Crippen LogP contribution in [0.15, 0.2) is 18.2 Å². The van der Waals surface area contributed by atoms with E-state index in [1.54, 1.807) is 0 Å². The Hall–Kier alpha value is -1.02. The SMILES string of the molecule is CCc1cccc(C)c1NC(C)(C)CN. The molecule has 0 heterocycles. The minimum absolute atomic E-state index is 0.0456. The van der Waals surface area contributed by atoms with Gasteiger partial charge in [-0.3, -0.25) is 0 Å². The van der Waals surface area contributed by atoms with Crippen molar-refractivity contribution in [1.82, 2.24) is 0 Å². The van der Waals surface area contributed by atoms with E-state index in [1.807, 2.05) is 0 Å². The van der Waals surface area contributed by atoms with E-state index in [0.717, 1.165) is 6.42 Å². The molecule has 1 aromatic rings. The number of nitrogens with two attached hydrogens (primary N) is 1. The fourth-order valence-corrected chi connectivity index (χ4v) is 1.59. The van der Waals surface area contributed by atoms with Crippen molar-refractivity contribution in [3.05, 3.63) is 29.3 Å². The quantitative estimate of drug-likeness (QED) is 0.795. The predicted molar refractivity (Wildman–Crippen MR) is 67.3 cm³/mol. The fourth-order valence-electron chi connectivity index (χ4n) is 1.59. The first-order valence-electron chi connectivity index (χ1n) is 5.57. The summed E-state index contributed by atoms with van der Waals surface area (Å²) < 4.78 is 0. The molecule has 15 heavy (non-hydrogen) atoms. The summed E-state index contributed by atoms with van der Waals surface area (Å²) in [7, 11) is 0.